The van der Waals surface area contributed by atoms with Gasteiger partial charge in [0.15, 0.2) is 0 Å². The Hall–Kier alpha value is -1.38. The summed E-state index contributed by atoms with van der Waals surface area (Å²) in [6, 6.07) is 6.23. The highest BCUT2D eigenvalue weighted by Gasteiger charge is 2.27. The molecule has 1 aromatic rings. The summed E-state index contributed by atoms with van der Waals surface area (Å²) in [5.41, 5.74) is 7.20. The average Bonchev–Trinajstić information content (AvgIpc) is 2.74. The number of hydrogen-bond acceptors (Lipinski definition) is 2. The molecule has 1 aliphatic carbocycles. The Balaban J connectivity index is 1.73. The van der Waals surface area contributed by atoms with Crippen LogP contribution in [-0.2, 0) is 6.42 Å². The van der Waals surface area contributed by atoms with Gasteiger partial charge in [-0.2, -0.15) is 0 Å². The van der Waals surface area contributed by atoms with E-state index < -0.39 is 0 Å². The quantitative estimate of drug-likeness (QED) is 0.706. The van der Waals surface area contributed by atoms with Crippen LogP contribution in [0.1, 0.15) is 36.8 Å². The van der Waals surface area contributed by atoms with Crippen molar-refractivity contribution >= 4 is 23.9 Å². The van der Waals surface area contributed by atoms with Gasteiger partial charge in [0, 0.05) is 29.3 Å². The molecule has 1 saturated heterocycles. The molecule has 3 aliphatic rings. The topological polar surface area (TPSA) is 24.4 Å². The van der Waals surface area contributed by atoms with Crippen LogP contribution in [0.25, 0.3) is 6.08 Å². The number of aryl methyl sites for hydroxylation is 1. The Kier molecular flexibility index (Phi) is 3.89. The molecule has 2 nitrogen and oxygen atoms in total. The van der Waals surface area contributed by atoms with Crippen LogP contribution in [0, 0.1) is 5.92 Å². The van der Waals surface area contributed by atoms with Crippen LogP contribution < -0.4 is 5.32 Å². The number of benzene rings is 1. The molecule has 1 unspecified atom stereocenters. The zero-order valence-electron chi connectivity index (χ0n) is 12.7. The number of rotatable bonds is 0. The van der Waals surface area contributed by atoms with Gasteiger partial charge in [0.2, 0.25) is 0 Å². The first-order chi connectivity index (χ1) is 10.8. The van der Waals surface area contributed by atoms with Gasteiger partial charge in [-0.05, 0) is 68.1 Å². The monoisotopic (exact) mass is 312 g/mol. The predicted octanol–water partition coefficient (Wildman–Crippen LogP) is 4.40. The van der Waals surface area contributed by atoms with E-state index in [0.717, 1.165) is 37.4 Å². The summed E-state index contributed by atoms with van der Waals surface area (Å²) in [6.45, 7) is 2.25. The molecule has 0 spiro atoms. The maximum Gasteiger partial charge on any atom is 0.0477 e. The molecule has 0 saturated carbocycles. The number of halogens is 1. The van der Waals surface area contributed by atoms with Crippen LogP contribution >= 0.6 is 11.6 Å². The summed E-state index contributed by atoms with van der Waals surface area (Å²) >= 11 is 6.17. The third-order valence-electron chi connectivity index (χ3n) is 5.10. The van der Waals surface area contributed by atoms with Crippen LogP contribution in [-0.4, -0.2) is 19.3 Å². The van der Waals surface area contributed by atoms with Gasteiger partial charge in [0.1, 0.15) is 0 Å². The van der Waals surface area contributed by atoms with E-state index in [0.29, 0.717) is 5.92 Å². The molecule has 4 rings (SSSR count). The second-order valence-electron chi connectivity index (χ2n) is 6.40. The van der Waals surface area contributed by atoms with Crippen molar-refractivity contribution in [3.8, 4) is 0 Å². The minimum absolute atomic E-state index is 0.504. The van der Waals surface area contributed by atoms with Gasteiger partial charge in [-0.15, -0.1) is 0 Å². The van der Waals surface area contributed by atoms with E-state index in [1.165, 1.54) is 29.7 Å². The Morgan fingerprint density at radius 2 is 2.00 bits per heavy atom. The van der Waals surface area contributed by atoms with Crippen molar-refractivity contribution in [3.63, 3.8) is 0 Å². The summed E-state index contributed by atoms with van der Waals surface area (Å²) in [4.78, 5) is 4.73. The summed E-state index contributed by atoms with van der Waals surface area (Å²) in [5, 5.41) is 4.30. The highest BCUT2D eigenvalue weighted by molar-refractivity contribution is 6.30. The SMILES string of the molecule is Clc1ccc2c(c1)CCC1C(=C2)N=CCC1=C1CCNCC1. The number of allylic oxidation sites excluding steroid dienone is 1. The van der Waals surface area contributed by atoms with Crippen molar-refractivity contribution in [2.45, 2.75) is 32.1 Å². The summed E-state index contributed by atoms with van der Waals surface area (Å²) in [5.74, 6) is 0.504. The van der Waals surface area contributed by atoms with Crippen molar-refractivity contribution < 1.29 is 0 Å². The van der Waals surface area contributed by atoms with Gasteiger partial charge in [-0.1, -0.05) is 28.8 Å². The largest absolute Gasteiger partial charge is 0.316 e. The molecule has 3 heteroatoms. The van der Waals surface area contributed by atoms with E-state index in [9.17, 15) is 0 Å². The Morgan fingerprint density at radius 1 is 1.14 bits per heavy atom. The first kappa shape index (κ1) is 14.2. The zero-order valence-corrected chi connectivity index (χ0v) is 13.5. The molecule has 0 bridgehead atoms. The number of nitrogens with zero attached hydrogens (tertiary/aromatic N) is 1. The van der Waals surface area contributed by atoms with Crippen molar-refractivity contribution in [2.75, 3.05) is 13.1 Å². The number of aliphatic imine (C=N–C) groups is 1. The van der Waals surface area contributed by atoms with Crippen molar-refractivity contribution in [1.82, 2.24) is 5.32 Å². The van der Waals surface area contributed by atoms with E-state index in [1.54, 1.807) is 11.1 Å². The Morgan fingerprint density at radius 3 is 2.86 bits per heavy atom. The van der Waals surface area contributed by atoms with Gasteiger partial charge in [-0.25, -0.2) is 0 Å². The van der Waals surface area contributed by atoms with Crippen LogP contribution in [0.4, 0.5) is 0 Å². The molecule has 1 N–H and O–H groups in total. The van der Waals surface area contributed by atoms with E-state index in [1.807, 2.05) is 6.07 Å². The Bertz CT molecular complexity index is 677. The highest BCUT2D eigenvalue weighted by atomic mass is 35.5. The van der Waals surface area contributed by atoms with Gasteiger partial charge in [0.25, 0.3) is 0 Å². The maximum atomic E-state index is 6.17. The molecule has 0 aromatic heterocycles. The van der Waals surface area contributed by atoms with Crippen LogP contribution in [0.2, 0.25) is 5.02 Å². The minimum Gasteiger partial charge on any atom is -0.316 e. The lowest BCUT2D eigenvalue weighted by Gasteiger charge is -2.28. The molecule has 1 atom stereocenters. The van der Waals surface area contributed by atoms with Gasteiger partial charge < -0.3 is 5.32 Å². The average molecular weight is 313 g/mol. The molecular weight excluding hydrogens is 292 g/mol. The molecule has 1 aromatic carbocycles. The van der Waals surface area contributed by atoms with Crippen molar-refractivity contribution in [2.24, 2.45) is 10.9 Å². The standard InChI is InChI=1S/C19H21ClN2/c20-16-3-1-15-12-19-18(4-2-14(15)11-16)17(7-10-22-19)13-5-8-21-9-6-13/h1,3,10-12,18,21H,2,4-9H2. The number of hydrogen-bond donors (Lipinski definition) is 1. The molecule has 2 heterocycles. The van der Waals surface area contributed by atoms with Crippen LogP contribution in [0.5, 0.6) is 0 Å². The number of fused-ring (bicyclic) bond motifs is 2. The number of piperidine rings is 1. The van der Waals surface area contributed by atoms with Gasteiger partial charge >= 0.3 is 0 Å². The van der Waals surface area contributed by atoms with Crippen molar-refractivity contribution in [1.29, 1.82) is 0 Å². The normalized spacial score (nSPS) is 24.4. The second-order valence-corrected chi connectivity index (χ2v) is 6.83. The van der Waals surface area contributed by atoms with Crippen LogP contribution in [0.3, 0.4) is 0 Å². The fourth-order valence-electron chi connectivity index (χ4n) is 3.95. The van der Waals surface area contributed by atoms with E-state index in [-0.39, 0.29) is 0 Å². The molecule has 22 heavy (non-hydrogen) atoms. The summed E-state index contributed by atoms with van der Waals surface area (Å²) in [6.07, 6.45) is 10.1. The smallest absolute Gasteiger partial charge is 0.0477 e. The van der Waals surface area contributed by atoms with Gasteiger partial charge in [0.05, 0.1) is 0 Å². The maximum absolute atomic E-state index is 6.17. The summed E-state index contributed by atoms with van der Waals surface area (Å²) < 4.78 is 0. The van der Waals surface area contributed by atoms with E-state index in [4.69, 9.17) is 16.6 Å². The third kappa shape index (κ3) is 2.66. The lowest BCUT2D eigenvalue weighted by atomic mass is 9.82. The molecule has 114 valence electrons. The van der Waals surface area contributed by atoms with E-state index in [2.05, 4.69) is 29.7 Å². The highest BCUT2D eigenvalue weighted by Crippen LogP contribution is 2.39. The Labute approximate surface area is 137 Å². The molecule has 0 radical (unpaired) electrons. The fourth-order valence-corrected chi connectivity index (χ4v) is 4.15. The fraction of sp³-hybridized carbons (Fsp3) is 0.421. The predicted molar refractivity (Wildman–Crippen MR) is 93.5 cm³/mol. The molecule has 2 aliphatic heterocycles. The second kappa shape index (κ2) is 6.02. The lowest BCUT2D eigenvalue weighted by Crippen LogP contribution is -2.26. The number of nitrogens with one attached hydrogen (secondary N) is 1. The first-order valence-corrected chi connectivity index (χ1v) is 8.63. The van der Waals surface area contributed by atoms with Gasteiger partial charge in [-0.3, -0.25) is 4.99 Å². The lowest BCUT2D eigenvalue weighted by molar-refractivity contribution is 0.566. The molecule has 0 amide bonds. The zero-order chi connectivity index (χ0) is 14.9. The molecule has 1 fully saturated rings. The first-order valence-electron chi connectivity index (χ1n) is 8.25. The van der Waals surface area contributed by atoms with E-state index >= 15 is 0 Å². The van der Waals surface area contributed by atoms with Crippen LogP contribution in [0.15, 0.2) is 40.0 Å². The third-order valence-corrected chi connectivity index (χ3v) is 5.34. The van der Waals surface area contributed by atoms with Crippen molar-refractivity contribution in [3.05, 3.63) is 51.2 Å². The molecular formula is C19H21ClN2. The minimum atomic E-state index is 0.504. The summed E-state index contributed by atoms with van der Waals surface area (Å²) in [7, 11) is 0.